The Morgan fingerprint density at radius 3 is 2.63 bits per heavy atom. The number of pyridine rings is 1. The van der Waals surface area contributed by atoms with Crippen LogP contribution in [0.4, 0.5) is 5.69 Å². The number of carbonyl (C=O) groups is 2. The second kappa shape index (κ2) is 5.65. The minimum atomic E-state index is -0.920. The fourth-order valence-electron chi connectivity index (χ4n) is 2.22. The van der Waals surface area contributed by atoms with Crippen LogP contribution in [0.3, 0.4) is 0 Å². The van der Waals surface area contributed by atoms with E-state index < -0.39 is 17.8 Å². The molecular formula is C14H16N2O3. The van der Waals surface area contributed by atoms with Gasteiger partial charge in [-0.3, -0.25) is 14.6 Å². The average molecular weight is 260 g/mol. The zero-order valence-corrected chi connectivity index (χ0v) is 10.7. The lowest BCUT2D eigenvalue weighted by Gasteiger charge is -2.24. The van der Waals surface area contributed by atoms with Gasteiger partial charge < -0.3 is 10.4 Å². The van der Waals surface area contributed by atoms with Crippen LogP contribution in [-0.2, 0) is 9.59 Å². The zero-order chi connectivity index (χ0) is 13.8. The zero-order valence-electron chi connectivity index (χ0n) is 10.7. The summed E-state index contributed by atoms with van der Waals surface area (Å²) < 4.78 is 0. The summed E-state index contributed by atoms with van der Waals surface area (Å²) in [6.07, 6.45) is 7.81. The van der Waals surface area contributed by atoms with Crippen LogP contribution in [0.1, 0.15) is 18.4 Å². The number of amides is 1. The molecule has 0 bridgehead atoms. The highest BCUT2D eigenvalue weighted by Crippen LogP contribution is 2.27. The van der Waals surface area contributed by atoms with E-state index in [1.807, 2.05) is 19.1 Å². The fourth-order valence-corrected chi connectivity index (χ4v) is 2.22. The Bertz CT molecular complexity index is 525. The molecule has 0 saturated heterocycles. The van der Waals surface area contributed by atoms with Crippen molar-refractivity contribution in [2.75, 3.05) is 5.32 Å². The molecule has 2 N–H and O–H groups in total. The Morgan fingerprint density at radius 1 is 1.32 bits per heavy atom. The van der Waals surface area contributed by atoms with Gasteiger partial charge in [-0.2, -0.15) is 0 Å². The molecule has 1 aliphatic carbocycles. The molecule has 1 amide bonds. The number of hydrogen-bond donors (Lipinski definition) is 2. The Kier molecular flexibility index (Phi) is 3.94. The monoisotopic (exact) mass is 260 g/mol. The van der Waals surface area contributed by atoms with E-state index in [1.165, 1.54) is 0 Å². The van der Waals surface area contributed by atoms with Crippen molar-refractivity contribution in [3.05, 3.63) is 36.2 Å². The summed E-state index contributed by atoms with van der Waals surface area (Å²) in [6.45, 7) is 1.85. The first kappa shape index (κ1) is 13.3. The van der Waals surface area contributed by atoms with Gasteiger partial charge in [-0.05, 0) is 31.4 Å². The minimum absolute atomic E-state index is 0.244. The maximum Gasteiger partial charge on any atom is 0.307 e. The molecule has 0 fully saturated rings. The minimum Gasteiger partial charge on any atom is -0.481 e. The molecule has 0 saturated carbocycles. The van der Waals surface area contributed by atoms with Crippen LogP contribution in [0.5, 0.6) is 0 Å². The number of rotatable bonds is 3. The van der Waals surface area contributed by atoms with Crippen molar-refractivity contribution in [1.29, 1.82) is 0 Å². The summed E-state index contributed by atoms with van der Waals surface area (Å²) >= 11 is 0. The van der Waals surface area contributed by atoms with Crippen molar-refractivity contribution in [3.63, 3.8) is 0 Å². The molecule has 100 valence electrons. The lowest BCUT2D eigenvalue weighted by atomic mass is 9.82. The fraction of sp³-hybridized carbons (Fsp3) is 0.357. The highest BCUT2D eigenvalue weighted by molar-refractivity contribution is 5.95. The summed E-state index contributed by atoms with van der Waals surface area (Å²) in [4.78, 5) is 27.3. The van der Waals surface area contributed by atoms with Crippen LogP contribution in [0.25, 0.3) is 0 Å². The first-order valence-corrected chi connectivity index (χ1v) is 6.19. The number of carboxylic acid groups (broad SMARTS) is 1. The van der Waals surface area contributed by atoms with Crippen molar-refractivity contribution in [3.8, 4) is 0 Å². The predicted molar refractivity (Wildman–Crippen MR) is 70.6 cm³/mol. The van der Waals surface area contributed by atoms with E-state index in [2.05, 4.69) is 10.3 Å². The summed E-state index contributed by atoms with van der Waals surface area (Å²) in [6, 6.07) is 1.71. The quantitative estimate of drug-likeness (QED) is 0.815. The molecule has 5 heteroatoms. The van der Waals surface area contributed by atoms with E-state index in [9.17, 15) is 9.59 Å². The van der Waals surface area contributed by atoms with Gasteiger partial charge in [0.25, 0.3) is 0 Å². The third-order valence-electron chi connectivity index (χ3n) is 3.36. The van der Waals surface area contributed by atoms with E-state index in [1.54, 1.807) is 18.5 Å². The number of anilines is 1. The van der Waals surface area contributed by atoms with E-state index in [4.69, 9.17) is 5.11 Å². The molecular weight excluding hydrogens is 244 g/mol. The Labute approximate surface area is 111 Å². The van der Waals surface area contributed by atoms with Gasteiger partial charge in [0.15, 0.2) is 0 Å². The number of nitrogens with one attached hydrogen (secondary N) is 1. The number of aliphatic carboxylic acids is 1. The van der Waals surface area contributed by atoms with Gasteiger partial charge in [0.05, 0.1) is 11.8 Å². The lowest BCUT2D eigenvalue weighted by Crippen LogP contribution is -2.34. The van der Waals surface area contributed by atoms with Crippen LogP contribution >= 0.6 is 0 Å². The van der Waals surface area contributed by atoms with Gasteiger partial charge in [-0.1, -0.05) is 12.2 Å². The molecule has 1 aromatic rings. The molecule has 0 radical (unpaired) electrons. The highest BCUT2D eigenvalue weighted by atomic mass is 16.4. The molecule has 2 atom stereocenters. The van der Waals surface area contributed by atoms with Crippen molar-refractivity contribution < 1.29 is 14.7 Å². The molecule has 5 nitrogen and oxygen atoms in total. The molecule has 1 aliphatic rings. The normalized spacial score (nSPS) is 21.9. The van der Waals surface area contributed by atoms with Crippen molar-refractivity contribution in [2.45, 2.75) is 19.8 Å². The second-order valence-corrected chi connectivity index (χ2v) is 4.67. The van der Waals surface area contributed by atoms with E-state index in [0.717, 1.165) is 5.56 Å². The molecule has 0 aromatic carbocycles. The van der Waals surface area contributed by atoms with Crippen LogP contribution in [0.2, 0.25) is 0 Å². The first-order valence-electron chi connectivity index (χ1n) is 6.19. The molecule has 2 rings (SSSR count). The summed E-state index contributed by atoms with van der Waals surface area (Å²) in [5, 5.41) is 11.9. The lowest BCUT2D eigenvalue weighted by molar-refractivity contribution is -0.146. The molecule has 1 heterocycles. The van der Waals surface area contributed by atoms with E-state index >= 15 is 0 Å². The number of hydrogen-bond acceptors (Lipinski definition) is 3. The third kappa shape index (κ3) is 2.99. The standard InChI is InChI=1S/C14H16N2O3/c1-9-8-15-7-6-12(9)16-13(17)10-4-2-3-5-11(10)14(18)19/h2-3,6-8,10-11H,4-5H2,1H3,(H,18,19)(H,15,16,17)/t10-,11+/m1/s1. The van der Waals surface area contributed by atoms with Crippen LogP contribution in [0, 0.1) is 18.8 Å². The van der Waals surface area contributed by atoms with Crippen LogP contribution in [0.15, 0.2) is 30.6 Å². The van der Waals surface area contributed by atoms with Gasteiger partial charge in [0.1, 0.15) is 0 Å². The average Bonchev–Trinajstić information content (AvgIpc) is 2.41. The summed E-state index contributed by atoms with van der Waals surface area (Å²) in [7, 11) is 0. The van der Waals surface area contributed by atoms with Crippen LogP contribution < -0.4 is 5.32 Å². The number of carboxylic acids is 1. The Balaban J connectivity index is 2.13. The number of carbonyl (C=O) groups excluding carboxylic acids is 1. The topological polar surface area (TPSA) is 79.3 Å². The Hall–Kier alpha value is -2.17. The van der Waals surface area contributed by atoms with Crippen molar-refractivity contribution in [1.82, 2.24) is 4.98 Å². The number of aromatic nitrogens is 1. The van der Waals surface area contributed by atoms with E-state index in [-0.39, 0.29) is 5.91 Å². The van der Waals surface area contributed by atoms with Gasteiger partial charge in [-0.25, -0.2) is 0 Å². The number of allylic oxidation sites excluding steroid dienone is 2. The summed E-state index contributed by atoms with van der Waals surface area (Å²) in [5.74, 6) is -2.33. The van der Waals surface area contributed by atoms with Gasteiger partial charge in [0, 0.05) is 18.1 Å². The predicted octanol–water partition coefficient (Wildman–Crippen LogP) is 2.00. The Morgan fingerprint density at radius 2 is 2.00 bits per heavy atom. The third-order valence-corrected chi connectivity index (χ3v) is 3.36. The number of aryl methyl sites for hydroxylation is 1. The number of nitrogens with zero attached hydrogens (tertiary/aromatic N) is 1. The summed E-state index contributed by atoms with van der Waals surface area (Å²) in [5.41, 5.74) is 1.53. The maximum absolute atomic E-state index is 12.2. The van der Waals surface area contributed by atoms with E-state index in [0.29, 0.717) is 18.5 Å². The van der Waals surface area contributed by atoms with Gasteiger partial charge >= 0.3 is 5.97 Å². The molecule has 1 aromatic heterocycles. The van der Waals surface area contributed by atoms with Crippen LogP contribution in [-0.4, -0.2) is 22.0 Å². The smallest absolute Gasteiger partial charge is 0.307 e. The SMILES string of the molecule is Cc1cnccc1NC(=O)[C@@H]1CC=CC[C@@H]1C(=O)O. The molecule has 0 aliphatic heterocycles. The van der Waals surface area contributed by atoms with Gasteiger partial charge in [0.2, 0.25) is 5.91 Å². The molecule has 19 heavy (non-hydrogen) atoms. The second-order valence-electron chi connectivity index (χ2n) is 4.67. The molecule has 0 spiro atoms. The molecule has 0 unspecified atom stereocenters. The van der Waals surface area contributed by atoms with Gasteiger partial charge in [-0.15, -0.1) is 0 Å². The largest absolute Gasteiger partial charge is 0.481 e. The van der Waals surface area contributed by atoms with Crippen molar-refractivity contribution in [2.24, 2.45) is 11.8 Å². The first-order chi connectivity index (χ1) is 9.09. The maximum atomic E-state index is 12.2. The van der Waals surface area contributed by atoms with Crippen molar-refractivity contribution >= 4 is 17.6 Å². The highest BCUT2D eigenvalue weighted by Gasteiger charge is 2.33.